The first-order chi connectivity index (χ1) is 4.37. The van der Waals surface area contributed by atoms with E-state index in [-0.39, 0.29) is 49.3 Å². The number of hydrogen-bond acceptors (Lipinski definition) is 3. The van der Waals surface area contributed by atoms with Crippen molar-refractivity contribution in [3.63, 3.8) is 0 Å². The second-order valence-electron chi connectivity index (χ2n) is 1.39. The molecule has 0 spiro atoms. The fourth-order valence-electron chi connectivity index (χ4n) is 0. The number of rotatable bonds is 1. The zero-order valence-electron chi connectivity index (χ0n) is 5.62. The van der Waals surface area contributed by atoms with Crippen molar-refractivity contribution in [1.82, 2.24) is 0 Å². The molecule has 64 valence electrons. The van der Waals surface area contributed by atoms with Crippen molar-refractivity contribution in [3.05, 3.63) is 0 Å². The number of hydrogen-bond donors (Lipinski definition) is 2. The maximum atomic E-state index is 9.79. The van der Waals surface area contributed by atoms with E-state index in [1.54, 1.807) is 0 Å². The number of ketones is 2. The fraction of sp³-hybridized carbons (Fsp3) is 0.500. The third-order valence-corrected chi connectivity index (χ3v) is 0.496. The Morgan fingerprint density at radius 2 is 1.18 bits per heavy atom. The molecule has 0 saturated heterocycles. The van der Waals surface area contributed by atoms with Crippen molar-refractivity contribution in [2.75, 3.05) is 0 Å². The van der Waals surface area contributed by atoms with E-state index in [1.807, 2.05) is 0 Å². The van der Waals surface area contributed by atoms with Gasteiger partial charge in [-0.25, -0.2) is 0 Å². The van der Waals surface area contributed by atoms with E-state index >= 15 is 0 Å². The van der Waals surface area contributed by atoms with Gasteiger partial charge in [-0.15, -0.1) is 0 Å². The van der Waals surface area contributed by atoms with Crippen LogP contribution in [0.25, 0.3) is 0 Å². The van der Waals surface area contributed by atoms with Gasteiger partial charge in [-0.1, -0.05) is 0 Å². The van der Waals surface area contributed by atoms with Gasteiger partial charge >= 0.3 is 46.0 Å². The second-order valence-corrected chi connectivity index (χ2v) is 1.96. The van der Waals surface area contributed by atoms with Crippen LogP contribution in [-0.2, 0) is 14.2 Å². The summed E-state index contributed by atoms with van der Waals surface area (Å²) in [6, 6.07) is 0. The first-order valence-electron chi connectivity index (χ1n) is 2.31. The van der Waals surface area contributed by atoms with Gasteiger partial charge in [-0.3, -0.25) is 14.2 Å². The molecule has 7 heteroatoms. The Bertz CT molecular complexity index is 141. The molecule has 0 unspecified atom stereocenters. The van der Waals surface area contributed by atoms with Gasteiger partial charge in [-0.05, 0) is 0 Å². The standard InChI is InChI=1S/C4H6O2.Ca.H3O3P.2H/c1-3(5)4(2)6;;1-4(2)3;;/h1-2H3;;4H,(H2,1,2,3);;. The van der Waals surface area contributed by atoms with Crippen LogP contribution in [0.3, 0.4) is 0 Å². The van der Waals surface area contributed by atoms with Crippen LogP contribution in [0.1, 0.15) is 13.8 Å². The molecule has 0 rings (SSSR count). The van der Waals surface area contributed by atoms with E-state index in [1.165, 1.54) is 13.8 Å². The Hall–Kier alpha value is 0.750. The van der Waals surface area contributed by atoms with Crippen molar-refractivity contribution in [1.29, 1.82) is 0 Å². The summed E-state index contributed by atoms with van der Waals surface area (Å²) in [7, 11) is -3.13. The Labute approximate surface area is 94.7 Å². The molecule has 0 aromatic heterocycles. The summed E-state index contributed by atoms with van der Waals surface area (Å²) in [5.74, 6) is -0.759. The van der Waals surface area contributed by atoms with Gasteiger partial charge in [0, 0.05) is 13.8 Å². The molecular formula is C4H11CaO5P. The van der Waals surface area contributed by atoms with Crippen LogP contribution in [0.4, 0.5) is 0 Å². The van der Waals surface area contributed by atoms with Crippen LogP contribution < -0.4 is 0 Å². The third kappa shape index (κ3) is 36.5. The second kappa shape index (κ2) is 10.7. The molecule has 0 aromatic carbocycles. The van der Waals surface area contributed by atoms with Gasteiger partial charge in [-0.2, -0.15) is 0 Å². The molecule has 0 aromatic rings. The van der Waals surface area contributed by atoms with Crippen LogP contribution in [0, 0.1) is 0 Å². The van der Waals surface area contributed by atoms with Gasteiger partial charge in [0.15, 0.2) is 11.6 Å². The molecule has 0 heterocycles. The SMILES string of the molecule is CC(=O)C(C)=O.O=[PH](O)O.[CaH2]. The van der Waals surface area contributed by atoms with Crippen LogP contribution in [0.15, 0.2) is 0 Å². The van der Waals surface area contributed by atoms with E-state index in [4.69, 9.17) is 14.4 Å². The van der Waals surface area contributed by atoms with E-state index in [2.05, 4.69) is 0 Å². The quantitative estimate of drug-likeness (QED) is 0.316. The molecule has 2 N–H and O–H groups in total. The predicted octanol–water partition coefficient (Wildman–Crippen LogP) is -1.39. The Balaban J connectivity index is -0.000000114. The molecule has 5 nitrogen and oxygen atoms in total. The van der Waals surface area contributed by atoms with E-state index in [0.717, 1.165) is 0 Å². The molecule has 0 aliphatic carbocycles. The summed E-state index contributed by atoms with van der Waals surface area (Å²) in [6.07, 6.45) is 0. The van der Waals surface area contributed by atoms with Gasteiger partial charge in [0.25, 0.3) is 0 Å². The zero-order chi connectivity index (χ0) is 8.73. The van der Waals surface area contributed by atoms with Crippen LogP contribution in [-0.4, -0.2) is 59.1 Å². The molecule has 0 aliphatic rings. The first-order valence-corrected chi connectivity index (χ1v) is 3.61. The summed E-state index contributed by atoms with van der Waals surface area (Å²) in [5.41, 5.74) is 0. The summed E-state index contributed by atoms with van der Waals surface area (Å²) in [4.78, 5) is 33.9. The van der Waals surface area contributed by atoms with E-state index in [0.29, 0.717) is 0 Å². The molecule has 0 radical (unpaired) electrons. The van der Waals surface area contributed by atoms with Crippen LogP contribution >= 0.6 is 8.25 Å². The van der Waals surface area contributed by atoms with Crippen molar-refractivity contribution in [3.8, 4) is 0 Å². The van der Waals surface area contributed by atoms with Crippen molar-refractivity contribution >= 4 is 57.6 Å². The number of carbonyl (C=O) groups is 2. The van der Waals surface area contributed by atoms with Gasteiger partial charge in [0.1, 0.15) is 0 Å². The maximum absolute atomic E-state index is 9.79. The molecular weight excluding hydrogens is 199 g/mol. The first kappa shape index (κ1) is 17.7. The van der Waals surface area contributed by atoms with Gasteiger partial charge in [0.05, 0.1) is 0 Å². The van der Waals surface area contributed by atoms with Crippen LogP contribution in [0.2, 0.25) is 0 Å². The Morgan fingerprint density at radius 1 is 1.09 bits per heavy atom. The van der Waals surface area contributed by atoms with Gasteiger partial charge < -0.3 is 9.79 Å². The normalized spacial score (nSPS) is 7.36. The Morgan fingerprint density at radius 3 is 1.18 bits per heavy atom. The number of Topliss-reactive ketones (excluding diaryl/α,β-unsaturated/α-hetero) is 2. The predicted molar refractivity (Wildman–Crippen MR) is 43.3 cm³/mol. The monoisotopic (exact) mass is 210 g/mol. The summed E-state index contributed by atoms with van der Waals surface area (Å²) in [6.45, 7) is 2.50. The van der Waals surface area contributed by atoms with E-state index in [9.17, 15) is 9.59 Å². The van der Waals surface area contributed by atoms with Crippen LogP contribution in [0.5, 0.6) is 0 Å². The zero-order valence-corrected chi connectivity index (χ0v) is 6.62. The van der Waals surface area contributed by atoms with Crippen molar-refractivity contribution in [2.24, 2.45) is 0 Å². The molecule has 0 aliphatic heterocycles. The molecule has 0 bridgehead atoms. The molecule has 0 amide bonds. The van der Waals surface area contributed by atoms with Gasteiger partial charge in [0.2, 0.25) is 0 Å². The van der Waals surface area contributed by atoms with Crippen molar-refractivity contribution in [2.45, 2.75) is 13.8 Å². The Kier molecular flexibility index (Phi) is 17.3. The molecule has 11 heavy (non-hydrogen) atoms. The minimum absolute atomic E-state index is 0. The fourth-order valence-corrected chi connectivity index (χ4v) is 0. The topological polar surface area (TPSA) is 91.7 Å². The third-order valence-electron chi connectivity index (χ3n) is 0.496. The summed E-state index contributed by atoms with van der Waals surface area (Å²) >= 11 is 0. The van der Waals surface area contributed by atoms with E-state index < -0.39 is 8.25 Å². The average molecular weight is 210 g/mol. The number of carbonyl (C=O) groups excluding carboxylic acids is 2. The van der Waals surface area contributed by atoms with Crippen molar-refractivity contribution < 1.29 is 23.9 Å². The summed E-state index contributed by atoms with van der Waals surface area (Å²) in [5, 5.41) is 0. The molecule has 0 fully saturated rings. The summed E-state index contributed by atoms with van der Waals surface area (Å²) < 4.78 is 8.74. The molecule has 0 atom stereocenters. The minimum atomic E-state index is -3.13. The molecule has 0 saturated carbocycles. The average Bonchev–Trinajstić information content (AvgIpc) is 1.63.